The quantitative estimate of drug-likeness (QED) is 0.262. The van der Waals surface area contributed by atoms with E-state index in [9.17, 15) is 4.79 Å². The fourth-order valence-electron chi connectivity index (χ4n) is 3.10. The molecule has 25 heavy (non-hydrogen) atoms. The third kappa shape index (κ3) is 3.37. The Bertz CT molecular complexity index is 1080. The maximum absolute atomic E-state index is 12.8. The van der Waals surface area contributed by atoms with Gasteiger partial charge in [0.05, 0.1) is 5.39 Å². The molecule has 0 spiro atoms. The third-order valence-corrected chi connectivity index (χ3v) is 4.94. The number of benzene rings is 3. The second-order valence-electron chi connectivity index (χ2n) is 5.76. The van der Waals surface area contributed by atoms with Crippen molar-refractivity contribution in [3.05, 3.63) is 89.0 Å². The first kappa shape index (κ1) is 17.8. The summed E-state index contributed by atoms with van der Waals surface area (Å²) in [4.78, 5) is 12.8. The minimum absolute atomic E-state index is 0. The Morgan fingerprint density at radius 1 is 0.840 bits per heavy atom. The molecule has 0 saturated heterocycles. The van der Waals surface area contributed by atoms with Crippen LogP contribution in [0.3, 0.4) is 0 Å². The van der Waals surface area contributed by atoms with Gasteiger partial charge < -0.3 is 17.0 Å². The maximum atomic E-state index is 12.8. The topological polar surface area (TPSA) is 20.9 Å². The largest absolute Gasteiger partial charge is 1.00 e. The van der Waals surface area contributed by atoms with Gasteiger partial charge in [-0.3, -0.25) is 4.79 Å². The van der Waals surface area contributed by atoms with E-state index in [0.717, 1.165) is 20.8 Å². The van der Waals surface area contributed by atoms with Crippen molar-refractivity contribution in [2.45, 2.75) is 6.54 Å². The van der Waals surface area contributed by atoms with Crippen LogP contribution in [-0.2, 0) is 6.54 Å². The third-order valence-electron chi connectivity index (χ3n) is 4.25. The van der Waals surface area contributed by atoms with Crippen LogP contribution in [0.5, 0.6) is 0 Å². The van der Waals surface area contributed by atoms with Gasteiger partial charge in [0.25, 0.3) is 0 Å². The molecule has 0 aliphatic rings. The second-order valence-corrected chi connectivity index (χ2v) is 6.62. The Hall–Kier alpha value is -2.04. The number of Topliss-reactive ketones (excluding diaryl/α,β-unsaturated/α-hetero) is 1. The summed E-state index contributed by atoms with van der Waals surface area (Å²) in [6.45, 7) is 0.313. The first-order chi connectivity index (χ1) is 11.7. The number of ketones is 1. The molecule has 0 saturated carbocycles. The molecule has 4 rings (SSSR count). The summed E-state index contributed by atoms with van der Waals surface area (Å²) in [7, 11) is 0. The number of halogens is 2. The monoisotopic (exact) mass is 455 g/mol. The van der Waals surface area contributed by atoms with Gasteiger partial charge in [0.2, 0.25) is 17.8 Å². The molecule has 0 bridgehead atoms. The van der Waals surface area contributed by atoms with Crippen molar-refractivity contribution in [1.29, 1.82) is 0 Å². The molecule has 4 aromatic rings. The van der Waals surface area contributed by atoms with Crippen LogP contribution in [0.15, 0.2) is 83.5 Å². The fraction of sp³-hybridized carbons (Fsp3) is 0.0476. The molecule has 124 valence electrons. The van der Waals surface area contributed by atoms with Crippen molar-refractivity contribution in [1.82, 2.24) is 0 Å². The number of nitrogens with zero attached hydrogens (tertiary/aromatic N) is 1. The minimum Gasteiger partial charge on any atom is -1.00 e. The van der Waals surface area contributed by atoms with E-state index >= 15 is 0 Å². The van der Waals surface area contributed by atoms with E-state index in [1.807, 2.05) is 53.1 Å². The van der Waals surface area contributed by atoms with Crippen molar-refractivity contribution < 1.29 is 26.3 Å². The average Bonchev–Trinajstić information content (AvgIpc) is 2.62. The average molecular weight is 457 g/mol. The van der Waals surface area contributed by atoms with Gasteiger partial charge in [0, 0.05) is 26.9 Å². The maximum Gasteiger partial charge on any atom is 0.228 e. The Morgan fingerprint density at radius 3 is 2.28 bits per heavy atom. The molecule has 0 atom stereocenters. The van der Waals surface area contributed by atoms with Crippen LogP contribution in [0, 0.1) is 0 Å². The van der Waals surface area contributed by atoms with Crippen LogP contribution >= 0.6 is 15.9 Å². The van der Waals surface area contributed by atoms with Crippen molar-refractivity contribution in [3.8, 4) is 0 Å². The standard InChI is InChI=1S/C21H15BrNO.BrH/c22-19-11-5-3-10-18(19)21(24)14-23-13-15-7-1-2-8-16(15)17-9-4-6-12-20(17)23;/h1-13H,14H2;1H/q+1;/p-1. The molecular formula is C21H15Br2NO. The predicted molar refractivity (Wildman–Crippen MR) is 100 cm³/mol. The molecule has 0 N–H and O–H groups in total. The van der Waals surface area contributed by atoms with Gasteiger partial charge in [-0.05, 0) is 18.2 Å². The van der Waals surface area contributed by atoms with Crippen molar-refractivity contribution >= 4 is 43.4 Å². The lowest BCUT2D eigenvalue weighted by molar-refractivity contribution is -0.655. The summed E-state index contributed by atoms with van der Waals surface area (Å²) in [6.07, 6.45) is 2.06. The van der Waals surface area contributed by atoms with Crippen molar-refractivity contribution in [2.75, 3.05) is 0 Å². The highest BCUT2D eigenvalue weighted by atomic mass is 79.9. The Kier molecular flexibility index (Phi) is 5.30. The molecule has 0 radical (unpaired) electrons. The van der Waals surface area contributed by atoms with Gasteiger partial charge in [-0.2, -0.15) is 4.57 Å². The summed E-state index contributed by atoms with van der Waals surface area (Å²) in [5, 5.41) is 3.50. The number of hydrogen-bond donors (Lipinski definition) is 0. The first-order valence-corrected chi connectivity index (χ1v) is 8.61. The molecule has 0 fully saturated rings. The summed E-state index contributed by atoms with van der Waals surface area (Å²) < 4.78 is 2.88. The number of fused-ring (bicyclic) bond motifs is 3. The summed E-state index contributed by atoms with van der Waals surface area (Å²) in [5.41, 5.74) is 1.78. The highest BCUT2D eigenvalue weighted by molar-refractivity contribution is 9.10. The van der Waals surface area contributed by atoms with E-state index < -0.39 is 0 Å². The van der Waals surface area contributed by atoms with E-state index in [0.29, 0.717) is 12.1 Å². The number of hydrogen-bond acceptors (Lipinski definition) is 1. The van der Waals surface area contributed by atoms with Gasteiger partial charge in [0.1, 0.15) is 0 Å². The molecule has 1 aromatic heterocycles. The van der Waals surface area contributed by atoms with Crippen LogP contribution in [0.1, 0.15) is 10.4 Å². The molecule has 1 heterocycles. The number of para-hydroxylation sites is 1. The highest BCUT2D eigenvalue weighted by Crippen LogP contribution is 2.22. The Morgan fingerprint density at radius 2 is 1.48 bits per heavy atom. The lowest BCUT2D eigenvalue weighted by Gasteiger charge is -2.06. The molecular weight excluding hydrogens is 442 g/mol. The van der Waals surface area contributed by atoms with E-state index in [1.165, 1.54) is 5.39 Å². The zero-order valence-corrected chi connectivity index (χ0v) is 16.5. The molecule has 2 nitrogen and oxygen atoms in total. The summed E-state index contributed by atoms with van der Waals surface area (Å²) >= 11 is 3.47. The predicted octanol–water partition coefficient (Wildman–Crippen LogP) is 1.93. The number of carbonyl (C=O) groups is 1. The van der Waals surface area contributed by atoms with E-state index in [1.54, 1.807) is 0 Å². The number of rotatable bonds is 3. The van der Waals surface area contributed by atoms with Gasteiger partial charge >= 0.3 is 0 Å². The zero-order valence-electron chi connectivity index (χ0n) is 13.3. The van der Waals surface area contributed by atoms with Gasteiger partial charge in [-0.15, -0.1) is 0 Å². The van der Waals surface area contributed by atoms with Crippen LogP contribution in [0.2, 0.25) is 0 Å². The van der Waals surface area contributed by atoms with E-state index in [-0.39, 0.29) is 22.8 Å². The van der Waals surface area contributed by atoms with Gasteiger partial charge in [-0.1, -0.05) is 64.5 Å². The molecule has 4 heteroatoms. The first-order valence-electron chi connectivity index (χ1n) is 7.82. The Balaban J connectivity index is 0.00000182. The van der Waals surface area contributed by atoms with Crippen molar-refractivity contribution in [3.63, 3.8) is 0 Å². The molecule has 0 aliphatic heterocycles. The molecule has 0 unspecified atom stereocenters. The number of pyridine rings is 1. The van der Waals surface area contributed by atoms with E-state index in [2.05, 4.69) is 46.4 Å². The van der Waals surface area contributed by atoms with Gasteiger partial charge in [0.15, 0.2) is 6.20 Å². The van der Waals surface area contributed by atoms with E-state index in [4.69, 9.17) is 0 Å². The molecule has 3 aromatic carbocycles. The molecule has 0 amide bonds. The van der Waals surface area contributed by atoms with Crippen LogP contribution in [0.25, 0.3) is 21.7 Å². The Labute approximate surface area is 165 Å². The van der Waals surface area contributed by atoms with Crippen LogP contribution in [0.4, 0.5) is 0 Å². The fourth-order valence-corrected chi connectivity index (χ4v) is 3.61. The number of aromatic nitrogens is 1. The smallest absolute Gasteiger partial charge is 0.228 e. The molecule has 0 aliphatic carbocycles. The minimum atomic E-state index is 0. The van der Waals surface area contributed by atoms with Crippen LogP contribution < -0.4 is 21.5 Å². The SMILES string of the molecule is O=C(C[n+]1cc2ccccc2c2ccccc21)c1ccccc1Br.[Br-]. The summed E-state index contributed by atoms with van der Waals surface area (Å²) in [6, 6.07) is 24.1. The summed E-state index contributed by atoms with van der Waals surface area (Å²) in [5.74, 6) is 0.0907. The van der Waals surface area contributed by atoms with Crippen LogP contribution in [-0.4, -0.2) is 5.78 Å². The zero-order chi connectivity index (χ0) is 16.5. The number of carbonyl (C=O) groups excluding carboxylic acids is 1. The van der Waals surface area contributed by atoms with Gasteiger partial charge in [-0.25, -0.2) is 0 Å². The highest BCUT2D eigenvalue weighted by Gasteiger charge is 2.18. The normalized spacial score (nSPS) is 10.6. The second kappa shape index (κ2) is 7.46. The lowest BCUT2D eigenvalue weighted by Crippen LogP contribution is -3.00. The van der Waals surface area contributed by atoms with Crippen molar-refractivity contribution in [2.24, 2.45) is 0 Å². The lowest BCUT2D eigenvalue weighted by atomic mass is 10.1.